The molecule has 0 aliphatic rings. The average molecular weight is 182 g/mol. The predicted molar refractivity (Wildman–Crippen MR) is 40.3 cm³/mol. The Hall–Kier alpha value is -1.96. The van der Waals surface area contributed by atoms with Crippen LogP contribution in [0.4, 0.5) is 8.78 Å². The number of nitriles is 1. The second kappa shape index (κ2) is 3.63. The molecule has 0 heterocycles. The Balaban J connectivity index is 3.38. The second-order valence-corrected chi connectivity index (χ2v) is 2.16. The molecule has 0 aliphatic carbocycles. The van der Waals surface area contributed by atoms with E-state index in [1.54, 1.807) is 0 Å². The number of oxime groups is 1. The van der Waals surface area contributed by atoms with E-state index in [1.807, 2.05) is 0 Å². The van der Waals surface area contributed by atoms with E-state index in [-0.39, 0.29) is 0 Å². The van der Waals surface area contributed by atoms with E-state index >= 15 is 0 Å². The summed E-state index contributed by atoms with van der Waals surface area (Å²) in [7, 11) is 0. The van der Waals surface area contributed by atoms with Crippen LogP contribution in [-0.4, -0.2) is 10.9 Å². The van der Waals surface area contributed by atoms with Gasteiger partial charge >= 0.3 is 0 Å². The van der Waals surface area contributed by atoms with Gasteiger partial charge in [-0.15, -0.1) is 0 Å². The van der Waals surface area contributed by atoms with Crippen LogP contribution in [0.2, 0.25) is 0 Å². The minimum Gasteiger partial charge on any atom is -0.410 e. The van der Waals surface area contributed by atoms with Crippen molar-refractivity contribution in [1.82, 2.24) is 0 Å². The van der Waals surface area contributed by atoms with Gasteiger partial charge in [0.15, 0.2) is 5.71 Å². The van der Waals surface area contributed by atoms with Gasteiger partial charge in [0.2, 0.25) is 0 Å². The van der Waals surface area contributed by atoms with Gasteiger partial charge in [0.05, 0.1) is 5.56 Å². The number of hydrogen-bond acceptors (Lipinski definition) is 3. The summed E-state index contributed by atoms with van der Waals surface area (Å²) in [5.74, 6) is -1.87. The summed E-state index contributed by atoms with van der Waals surface area (Å²) in [6.45, 7) is 0. The summed E-state index contributed by atoms with van der Waals surface area (Å²) in [5, 5.41) is 19.1. The van der Waals surface area contributed by atoms with E-state index in [0.29, 0.717) is 0 Å². The molecule has 0 unspecified atom stereocenters. The van der Waals surface area contributed by atoms with Gasteiger partial charge in [-0.3, -0.25) is 0 Å². The first-order valence-electron chi connectivity index (χ1n) is 3.27. The number of nitrogens with zero attached hydrogens (tertiary/aromatic N) is 2. The lowest BCUT2D eigenvalue weighted by molar-refractivity contribution is 0.319. The molecule has 1 aromatic carbocycles. The molecule has 0 atom stereocenters. The normalized spacial score (nSPS) is 11.0. The van der Waals surface area contributed by atoms with Crippen LogP contribution in [0, 0.1) is 23.0 Å². The Morgan fingerprint density at radius 1 is 1.38 bits per heavy atom. The Morgan fingerprint density at radius 3 is 2.31 bits per heavy atom. The highest BCUT2D eigenvalue weighted by atomic mass is 19.1. The third-order valence-corrected chi connectivity index (χ3v) is 1.41. The topological polar surface area (TPSA) is 56.4 Å². The molecule has 66 valence electrons. The van der Waals surface area contributed by atoms with Crippen LogP contribution in [0.25, 0.3) is 0 Å². The van der Waals surface area contributed by atoms with E-state index in [4.69, 9.17) is 10.5 Å². The summed E-state index contributed by atoms with van der Waals surface area (Å²) < 4.78 is 25.8. The molecule has 0 saturated carbocycles. The van der Waals surface area contributed by atoms with E-state index in [0.717, 1.165) is 18.2 Å². The standard InChI is InChI=1S/C8H4F2N2O/c9-5-2-1-3-6(10)8(5)7(4-11)12-13/h1-3,13H. The maximum Gasteiger partial charge on any atom is 0.192 e. The molecule has 1 N–H and O–H groups in total. The molecule has 1 aromatic rings. The Bertz CT molecular complexity index is 375. The summed E-state index contributed by atoms with van der Waals surface area (Å²) in [4.78, 5) is 0. The van der Waals surface area contributed by atoms with Gasteiger partial charge in [-0.2, -0.15) is 5.26 Å². The van der Waals surface area contributed by atoms with Gasteiger partial charge in [-0.05, 0) is 12.1 Å². The van der Waals surface area contributed by atoms with E-state index < -0.39 is 22.9 Å². The van der Waals surface area contributed by atoms with Gasteiger partial charge in [0, 0.05) is 0 Å². The van der Waals surface area contributed by atoms with Crippen molar-refractivity contribution in [3.8, 4) is 6.07 Å². The summed E-state index contributed by atoms with van der Waals surface area (Å²) >= 11 is 0. The van der Waals surface area contributed by atoms with Crippen molar-refractivity contribution in [3.05, 3.63) is 35.4 Å². The Morgan fingerprint density at radius 2 is 1.92 bits per heavy atom. The van der Waals surface area contributed by atoms with E-state index in [2.05, 4.69) is 5.16 Å². The SMILES string of the molecule is N#CC(=NO)c1c(F)cccc1F. The fourth-order valence-electron chi connectivity index (χ4n) is 0.852. The first-order chi connectivity index (χ1) is 6.20. The molecule has 0 radical (unpaired) electrons. The molecule has 0 saturated heterocycles. The predicted octanol–water partition coefficient (Wildman–Crippen LogP) is 1.67. The second-order valence-electron chi connectivity index (χ2n) is 2.16. The first kappa shape index (κ1) is 9.13. The minimum atomic E-state index is -0.936. The zero-order chi connectivity index (χ0) is 9.84. The molecule has 1 rings (SSSR count). The summed E-state index contributed by atoms with van der Waals surface area (Å²) in [6.07, 6.45) is 0. The maximum absolute atomic E-state index is 12.9. The zero-order valence-corrected chi connectivity index (χ0v) is 6.33. The third kappa shape index (κ3) is 1.62. The van der Waals surface area contributed by atoms with Crippen molar-refractivity contribution in [2.24, 2.45) is 5.16 Å². The highest BCUT2D eigenvalue weighted by Gasteiger charge is 2.14. The van der Waals surface area contributed by atoms with Gasteiger partial charge in [0.25, 0.3) is 0 Å². The molecule has 5 heteroatoms. The van der Waals surface area contributed by atoms with Crippen LogP contribution in [0.3, 0.4) is 0 Å². The lowest BCUT2D eigenvalue weighted by atomic mass is 10.1. The van der Waals surface area contributed by atoms with E-state index in [9.17, 15) is 8.78 Å². The van der Waals surface area contributed by atoms with Crippen LogP contribution in [0.5, 0.6) is 0 Å². The number of rotatable bonds is 1. The molecule has 0 amide bonds. The molecular weight excluding hydrogens is 178 g/mol. The van der Waals surface area contributed by atoms with Gasteiger partial charge < -0.3 is 5.21 Å². The quantitative estimate of drug-likeness (QED) is 0.408. The fourth-order valence-corrected chi connectivity index (χ4v) is 0.852. The van der Waals surface area contributed by atoms with Crippen molar-refractivity contribution in [3.63, 3.8) is 0 Å². The van der Waals surface area contributed by atoms with Crippen molar-refractivity contribution in [2.75, 3.05) is 0 Å². The largest absolute Gasteiger partial charge is 0.410 e. The van der Waals surface area contributed by atoms with Crippen molar-refractivity contribution < 1.29 is 14.0 Å². The summed E-state index contributed by atoms with van der Waals surface area (Å²) in [5.41, 5.74) is -1.30. The smallest absolute Gasteiger partial charge is 0.192 e. The number of hydrogen-bond donors (Lipinski definition) is 1. The molecule has 0 aliphatic heterocycles. The fraction of sp³-hybridized carbons (Fsp3) is 0. The Labute approximate surface area is 72.5 Å². The maximum atomic E-state index is 12.9. The van der Waals surface area contributed by atoms with Crippen LogP contribution >= 0.6 is 0 Å². The number of benzene rings is 1. The van der Waals surface area contributed by atoms with Crippen LogP contribution in [0.15, 0.2) is 23.4 Å². The lowest BCUT2D eigenvalue weighted by Gasteiger charge is -1.99. The lowest BCUT2D eigenvalue weighted by Crippen LogP contribution is -2.04. The van der Waals surface area contributed by atoms with Gasteiger partial charge in [0.1, 0.15) is 17.7 Å². The van der Waals surface area contributed by atoms with Gasteiger partial charge in [-0.25, -0.2) is 8.78 Å². The van der Waals surface area contributed by atoms with Gasteiger partial charge in [-0.1, -0.05) is 11.2 Å². The number of halogens is 2. The highest BCUT2D eigenvalue weighted by Crippen LogP contribution is 2.12. The molecule has 0 fully saturated rings. The zero-order valence-electron chi connectivity index (χ0n) is 6.33. The third-order valence-electron chi connectivity index (χ3n) is 1.41. The molecule has 0 bridgehead atoms. The van der Waals surface area contributed by atoms with Crippen molar-refractivity contribution in [1.29, 1.82) is 5.26 Å². The van der Waals surface area contributed by atoms with Crippen molar-refractivity contribution >= 4 is 5.71 Å². The molecule has 13 heavy (non-hydrogen) atoms. The monoisotopic (exact) mass is 182 g/mol. The van der Waals surface area contributed by atoms with Crippen molar-refractivity contribution in [2.45, 2.75) is 0 Å². The first-order valence-corrected chi connectivity index (χ1v) is 3.27. The minimum absolute atomic E-state index is 0.618. The van der Waals surface area contributed by atoms with Crippen LogP contribution in [0.1, 0.15) is 5.56 Å². The molecule has 0 spiro atoms. The molecular formula is C8H4F2N2O. The molecule has 3 nitrogen and oxygen atoms in total. The van der Waals surface area contributed by atoms with E-state index in [1.165, 1.54) is 6.07 Å². The molecule has 0 aromatic heterocycles. The summed E-state index contributed by atoms with van der Waals surface area (Å²) in [6, 6.07) is 4.47. The van der Waals surface area contributed by atoms with Crippen LogP contribution in [-0.2, 0) is 0 Å². The van der Waals surface area contributed by atoms with Crippen LogP contribution < -0.4 is 0 Å². The highest BCUT2D eigenvalue weighted by molar-refractivity contribution is 6.11. The Kier molecular flexibility index (Phi) is 2.55. The average Bonchev–Trinajstić information content (AvgIpc) is 2.11.